The zero-order valence-corrected chi connectivity index (χ0v) is 14.2. The van der Waals surface area contributed by atoms with Crippen molar-refractivity contribution in [3.8, 4) is 0 Å². The number of nitrogens with one attached hydrogen (secondary N) is 2. The van der Waals surface area contributed by atoms with Gasteiger partial charge < -0.3 is 11.1 Å². The molecule has 2 aromatic heterocycles. The number of aromatic amines is 1. The average Bonchev–Trinajstić information content (AvgIpc) is 3.03. The number of rotatable bonds is 6. The van der Waals surface area contributed by atoms with Crippen molar-refractivity contribution >= 4 is 29.3 Å². The number of nitrogens with two attached hydrogens (primary N) is 1. The third-order valence-corrected chi connectivity index (χ3v) is 4.15. The van der Waals surface area contributed by atoms with Gasteiger partial charge in [-0.05, 0) is 19.1 Å². The Labute approximate surface area is 143 Å². The SMILES string of the molecule is CCc1nc(SC(C)c2nc(N)nc(Nc3ccccc3)n2)n[nH]1. The first kappa shape index (κ1) is 16.2. The van der Waals surface area contributed by atoms with Gasteiger partial charge in [-0.15, -0.1) is 5.10 Å². The molecule has 0 fully saturated rings. The summed E-state index contributed by atoms with van der Waals surface area (Å²) < 4.78 is 0. The number of nitrogen functional groups attached to an aromatic ring is 1. The molecule has 0 bridgehead atoms. The van der Waals surface area contributed by atoms with E-state index >= 15 is 0 Å². The van der Waals surface area contributed by atoms with E-state index in [2.05, 4.69) is 35.5 Å². The normalized spacial score (nSPS) is 12.1. The Morgan fingerprint density at radius 3 is 2.67 bits per heavy atom. The summed E-state index contributed by atoms with van der Waals surface area (Å²) in [5, 5.41) is 10.8. The Balaban J connectivity index is 1.77. The highest BCUT2D eigenvalue weighted by molar-refractivity contribution is 7.99. The van der Waals surface area contributed by atoms with E-state index in [1.807, 2.05) is 44.2 Å². The molecule has 8 nitrogen and oxygen atoms in total. The third-order valence-electron chi connectivity index (χ3n) is 3.19. The van der Waals surface area contributed by atoms with Crippen molar-refractivity contribution in [2.45, 2.75) is 30.7 Å². The smallest absolute Gasteiger partial charge is 0.232 e. The average molecular weight is 342 g/mol. The van der Waals surface area contributed by atoms with Crippen molar-refractivity contribution in [2.24, 2.45) is 0 Å². The fraction of sp³-hybridized carbons (Fsp3) is 0.267. The van der Waals surface area contributed by atoms with Crippen LogP contribution in [0.2, 0.25) is 0 Å². The van der Waals surface area contributed by atoms with E-state index in [9.17, 15) is 0 Å². The number of aromatic nitrogens is 6. The van der Waals surface area contributed by atoms with E-state index in [1.54, 1.807) is 0 Å². The summed E-state index contributed by atoms with van der Waals surface area (Å²) >= 11 is 1.47. The maximum absolute atomic E-state index is 5.82. The summed E-state index contributed by atoms with van der Waals surface area (Å²) in [6, 6.07) is 9.66. The monoisotopic (exact) mass is 342 g/mol. The van der Waals surface area contributed by atoms with Crippen molar-refractivity contribution in [1.82, 2.24) is 30.1 Å². The van der Waals surface area contributed by atoms with Gasteiger partial charge in [0.2, 0.25) is 17.1 Å². The molecule has 124 valence electrons. The second-order valence-electron chi connectivity index (χ2n) is 5.04. The van der Waals surface area contributed by atoms with Gasteiger partial charge in [-0.1, -0.05) is 36.9 Å². The highest BCUT2D eigenvalue weighted by Crippen LogP contribution is 2.31. The number of thioether (sulfide) groups is 1. The molecule has 0 radical (unpaired) electrons. The molecule has 3 aromatic rings. The molecule has 0 saturated heterocycles. The zero-order valence-electron chi connectivity index (χ0n) is 13.4. The van der Waals surface area contributed by atoms with E-state index < -0.39 is 0 Å². The highest BCUT2D eigenvalue weighted by Gasteiger charge is 2.16. The Hall–Kier alpha value is -2.68. The number of hydrogen-bond donors (Lipinski definition) is 3. The van der Waals surface area contributed by atoms with Crippen molar-refractivity contribution in [2.75, 3.05) is 11.1 Å². The van der Waals surface area contributed by atoms with Crippen LogP contribution in [-0.4, -0.2) is 30.1 Å². The molecule has 2 heterocycles. The van der Waals surface area contributed by atoms with Crippen LogP contribution in [0, 0.1) is 0 Å². The van der Waals surface area contributed by atoms with Gasteiger partial charge >= 0.3 is 0 Å². The number of benzene rings is 1. The Morgan fingerprint density at radius 1 is 1.17 bits per heavy atom. The fourth-order valence-corrected chi connectivity index (χ4v) is 2.79. The van der Waals surface area contributed by atoms with Gasteiger partial charge in [0.1, 0.15) is 11.6 Å². The largest absolute Gasteiger partial charge is 0.368 e. The van der Waals surface area contributed by atoms with E-state index in [0.29, 0.717) is 16.9 Å². The lowest BCUT2D eigenvalue weighted by molar-refractivity contribution is 0.884. The zero-order chi connectivity index (χ0) is 16.9. The van der Waals surface area contributed by atoms with E-state index in [0.717, 1.165) is 17.9 Å². The van der Waals surface area contributed by atoms with Crippen LogP contribution in [0.5, 0.6) is 0 Å². The molecule has 1 unspecified atom stereocenters. The Kier molecular flexibility index (Phi) is 4.90. The first-order chi connectivity index (χ1) is 11.6. The number of aryl methyl sites for hydroxylation is 1. The van der Waals surface area contributed by atoms with Gasteiger partial charge in [0.15, 0.2) is 0 Å². The number of hydrogen-bond acceptors (Lipinski definition) is 8. The lowest BCUT2D eigenvalue weighted by Gasteiger charge is -2.10. The first-order valence-corrected chi connectivity index (χ1v) is 8.43. The van der Waals surface area contributed by atoms with Crippen molar-refractivity contribution in [1.29, 1.82) is 0 Å². The summed E-state index contributed by atoms with van der Waals surface area (Å²) in [6.07, 6.45) is 0.811. The van der Waals surface area contributed by atoms with Crippen LogP contribution in [0.4, 0.5) is 17.6 Å². The molecule has 1 aromatic carbocycles. The minimum atomic E-state index is -0.0628. The van der Waals surface area contributed by atoms with Crippen LogP contribution in [-0.2, 0) is 6.42 Å². The summed E-state index contributed by atoms with van der Waals surface area (Å²) in [4.78, 5) is 17.2. The predicted molar refractivity (Wildman–Crippen MR) is 94.0 cm³/mol. The lowest BCUT2D eigenvalue weighted by Crippen LogP contribution is -2.08. The number of anilines is 3. The van der Waals surface area contributed by atoms with E-state index in [4.69, 9.17) is 5.73 Å². The molecule has 0 aliphatic rings. The molecule has 0 amide bonds. The van der Waals surface area contributed by atoms with Gasteiger partial charge in [0.05, 0.1) is 5.25 Å². The summed E-state index contributed by atoms with van der Waals surface area (Å²) in [6.45, 7) is 4.00. The standard InChI is InChI=1S/C15H18N8S/c1-3-11-18-15(23-22-11)24-9(2)12-19-13(16)21-14(20-12)17-10-7-5-4-6-8-10/h4-9H,3H2,1-2H3,(H,18,22,23)(H3,16,17,19,20,21). The maximum atomic E-state index is 5.82. The first-order valence-electron chi connectivity index (χ1n) is 7.55. The minimum Gasteiger partial charge on any atom is -0.368 e. The summed E-state index contributed by atoms with van der Waals surface area (Å²) in [5.74, 6) is 2.02. The third kappa shape index (κ3) is 3.99. The molecular weight excluding hydrogens is 324 g/mol. The Morgan fingerprint density at radius 2 is 1.96 bits per heavy atom. The van der Waals surface area contributed by atoms with Crippen molar-refractivity contribution in [3.63, 3.8) is 0 Å². The van der Waals surface area contributed by atoms with Crippen LogP contribution in [0.3, 0.4) is 0 Å². The summed E-state index contributed by atoms with van der Waals surface area (Å²) in [7, 11) is 0. The van der Waals surface area contributed by atoms with Crippen LogP contribution < -0.4 is 11.1 Å². The topological polar surface area (TPSA) is 118 Å². The van der Waals surface area contributed by atoms with Gasteiger partial charge in [-0.2, -0.15) is 15.0 Å². The van der Waals surface area contributed by atoms with Crippen LogP contribution in [0.15, 0.2) is 35.5 Å². The molecule has 0 aliphatic heterocycles. The van der Waals surface area contributed by atoms with Crippen molar-refractivity contribution < 1.29 is 0 Å². The molecular formula is C15H18N8S. The second-order valence-corrected chi connectivity index (χ2v) is 6.35. The lowest BCUT2D eigenvalue weighted by atomic mass is 10.3. The minimum absolute atomic E-state index is 0.0628. The van der Waals surface area contributed by atoms with E-state index in [1.165, 1.54) is 11.8 Å². The van der Waals surface area contributed by atoms with Crippen molar-refractivity contribution in [3.05, 3.63) is 42.0 Å². The van der Waals surface area contributed by atoms with E-state index in [-0.39, 0.29) is 11.2 Å². The number of nitrogens with zero attached hydrogens (tertiary/aromatic N) is 5. The van der Waals surface area contributed by atoms with Gasteiger partial charge in [-0.25, -0.2) is 4.98 Å². The Bertz CT molecular complexity index is 804. The molecule has 3 rings (SSSR count). The molecule has 24 heavy (non-hydrogen) atoms. The van der Waals surface area contributed by atoms with Crippen LogP contribution in [0.1, 0.15) is 30.7 Å². The molecule has 1 atom stereocenters. The molecule has 9 heteroatoms. The van der Waals surface area contributed by atoms with Crippen LogP contribution in [0.25, 0.3) is 0 Å². The molecule has 0 aliphatic carbocycles. The fourth-order valence-electron chi connectivity index (χ4n) is 2.00. The number of para-hydroxylation sites is 1. The van der Waals surface area contributed by atoms with Gasteiger partial charge in [0.25, 0.3) is 0 Å². The molecule has 0 spiro atoms. The quantitative estimate of drug-likeness (QED) is 0.585. The molecule has 4 N–H and O–H groups in total. The molecule has 0 saturated carbocycles. The van der Waals surface area contributed by atoms with Gasteiger partial charge in [0, 0.05) is 12.1 Å². The number of H-pyrrole nitrogens is 1. The second kappa shape index (κ2) is 7.26. The summed E-state index contributed by atoms with van der Waals surface area (Å²) in [5.41, 5.74) is 6.71. The predicted octanol–water partition coefficient (Wildman–Crippen LogP) is 2.73. The van der Waals surface area contributed by atoms with Gasteiger partial charge in [-0.3, -0.25) is 5.10 Å². The highest BCUT2D eigenvalue weighted by atomic mass is 32.2. The van der Waals surface area contributed by atoms with Crippen LogP contribution >= 0.6 is 11.8 Å². The maximum Gasteiger partial charge on any atom is 0.232 e.